The van der Waals surface area contributed by atoms with E-state index in [2.05, 4.69) is 40.5 Å². The summed E-state index contributed by atoms with van der Waals surface area (Å²) in [5, 5.41) is 5.92. The minimum Gasteiger partial charge on any atom is -0.497 e. The second kappa shape index (κ2) is 7.09. The van der Waals surface area contributed by atoms with E-state index in [0.717, 1.165) is 38.5 Å². The van der Waals surface area contributed by atoms with Gasteiger partial charge in [-0.3, -0.25) is 4.90 Å². The number of hydrogen-bond acceptors (Lipinski definition) is 4. The van der Waals surface area contributed by atoms with Gasteiger partial charge in [0.1, 0.15) is 5.75 Å². The van der Waals surface area contributed by atoms with Crippen LogP contribution in [0.15, 0.2) is 36.4 Å². The van der Waals surface area contributed by atoms with Gasteiger partial charge in [0.25, 0.3) is 0 Å². The Hall–Kier alpha value is -1.62. The van der Waals surface area contributed by atoms with Crippen LogP contribution in [0.5, 0.6) is 5.75 Å². The first-order valence-electron chi connectivity index (χ1n) is 8.97. The summed E-state index contributed by atoms with van der Waals surface area (Å²) in [6.07, 6.45) is 2.69. The second-order valence-electron chi connectivity index (χ2n) is 6.81. The molecule has 4 rings (SSSR count). The number of rotatable bonds is 3. The van der Waals surface area contributed by atoms with Crippen molar-refractivity contribution in [2.75, 3.05) is 39.9 Å². The number of hydrogen-bond donors (Lipinski definition) is 1. The molecule has 2 heterocycles. The molecule has 2 aliphatic rings. The SMILES string of the molecule is COc1ccc2cc(C3CN(C4CCNCC4)CCO3)ccc2c1. The average Bonchev–Trinajstić information content (AvgIpc) is 2.68. The minimum atomic E-state index is 0.181. The molecule has 2 fully saturated rings. The molecule has 4 nitrogen and oxygen atoms in total. The van der Waals surface area contributed by atoms with Gasteiger partial charge >= 0.3 is 0 Å². The highest BCUT2D eigenvalue weighted by atomic mass is 16.5. The van der Waals surface area contributed by atoms with Crippen molar-refractivity contribution in [1.29, 1.82) is 0 Å². The molecule has 0 radical (unpaired) electrons. The number of nitrogens with one attached hydrogen (secondary N) is 1. The van der Waals surface area contributed by atoms with Gasteiger partial charge in [0, 0.05) is 19.1 Å². The van der Waals surface area contributed by atoms with Crippen molar-refractivity contribution in [3.8, 4) is 5.75 Å². The lowest BCUT2D eigenvalue weighted by molar-refractivity contribution is -0.0488. The molecular weight excluding hydrogens is 300 g/mol. The largest absolute Gasteiger partial charge is 0.497 e. The first kappa shape index (κ1) is 15.9. The number of benzene rings is 2. The standard InChI is InChI=1S/C20H26N2O2/c1-23-19-5-4-15-12-17(3-2-16(15)13-19)20-14-22(10-11-24-20)18-6-8-21-9-7-18/h2-5,12-13,18,20-21H,6-11,14H2,1H3. The maximum Gasteiger partial charge on any atom is 0.119 e. The zero-order valence-electron chi connectivity index (χ0n) is 14.3. The van der Waals surface area contributed by atoms with Crippen LogP contribution < -0.4 is 10.1 Å². The Morgan fingerprint density at radius 1 is 1.08 bits per heavy atom. The number of morpholine rings is 1. The average molecular weight is 326 g/mol. The topological polar surface area (TPSA) is 33.7 Å². The summed E-state index contributed by atoms with van der Waals surface area (Å²) in [5.41, 5.74) is 1.28. The molecule has 2 aliphatic heterocycles. The Labute approximate surface area is 143 Å². The van der Waals surface area contributed by atoms with Crippen LogP contribution in [-0.4, -0.2) is 50.8 Å². The van der Waals surface area contributed by atoms with Crippen LogP contribution in [0.2, 0.25) is 0 Å². The lowest BCUT2D eigenvalue weighted by Crippen LogP contribution is -2.48. The smallest absolute Gasteiger partial charge is 0.119 e. The first-order valence-corrected chi connectivity index (χ1v) is 8.97. The normalized spacial score (nSPS) is 23.5. The predicted octanol–water partition coefficient (Wildman–Crippen LogP) is 2.97. The number of methoxy groups -OCH3 is 1. The lowest BCUT2D eigenvalue weighted by Gasteiger charge is -2.40. The van der Waals surface area contributed by atoms with Gasteiger partial charge in [0.05, 0.1) is 19.8 Å². The molecule has 0 spiro atoms. The number of ether oxygens (including phenoxy) is 2. The van der Waals surface area contributed by atoms with Gasteiger partial charge in [-0.05, 0) is 60.5 Å². The van der Waals surface area contributed by atoms with Crippen molar-refractivity contribution in [3.05, 3.63) is 42.0 Å². The molecule has 2 saturated heterocycles. The summed E-state index contributed by atoms with van der Waals surface area (Å²) in [4.78, 5) is 2.63. The maximum absolute atomic E-state index is 6.10. The molecule has 1 atom stereocenters. The summed E-state index contributed by atoms with van der Waals surface area (Å²) >= 11 is 0. The van der Waals surface area contributed by atoms with E-state index in [1.807, 2.05) is 6.07 Å². The first-order chi connectivity index (χ1) is 11.8. The van der Waals surface area contributed by atoms with E-state index in [-0.39, 0.29) is 6.10 Å². The molecule has 1 N–H and O–H groups in total. The molecule has 0 aromatic heterocycles. The zero-order valence-corrected chi connectivity index (χ0v) is 14.3. The van der Waals surface area contributed by atoms with Crippen LogP contribution >= 0.6 is 0 Å². The molecule has 0 bridgehead atoms. The zero-order chi connectivity index (χ0) is 16.4. The minimum absolute atomic E-state index is 0.181. The van der Waals surface area contributed by atoms with Crippen molar-refractivity contribution in [1.82, 2.24) is 10.2 Å². The molecular formula is C20H26N2O2. The number of fused-ring (bicyclic) bond motifs is 1. The Morgan fingerprint density at radius 3 is 2.71 bits per heavy atom. The molecule has 1 unspecified atom stereocenters. The van der Waals surface area contributed by atoms with Crippen LogP contribution in [0.3, 0.4) is 0 Å². The van der Waals surface area contributed by atoms with E-state index in [0.29, 0.717) is 6.04 Å². The summed E-state index contributed by atoms with van der Waals surface area (Å²) in [5.74, 6) is 0.904. The molecule has 0 saturated carbocycles. The van der Waals surface area contributed by atoms with Crippen LogP contribution in [0.1, 0.15) is 24.5 Å². The van der Waals surface area contributed by atoms with E-state index >= 15 is 0 Å². The second-order valence-corrected chi connectivity index (χ2v) is 6.81. The van der Waals surface area contributed by atoms with Crippen molar-refractivity contribution in [2.45, 2.75) is 25.0 Å². The third-order valence-electron chi connectivity index (χ3n) is 5.37. The van der Waals surface area contributed by atoms with E-state index in [1.165, 1.54) is 29.2 Å². The molecule has 128 valence electrons. The highest BCUT2D eigenvalue weighted by Crippen LogP contribution is 2.29. The van der Waals surface area contributed by atoms with E-state index < -0.39 is 0 Å². The number of piperidine rings is 1. The van der Waals surface area contributed by atoms with E-state index in [9.17, 15) is 0 Å². The fourth-order valence-electron chi connectivity index (χ4n) is 3.94. The Balaban J connectivity index is 1.52. The van der Waals surface area contributed by atoms with Crippen molar-refractivity contribution in [3.63, 3.8) is 0 Å². The maximum atomic E-state index is 6.10. The molecule has 0 amide bonds. The molecule has 24 heavy (non-hydrogen) atoms. The van der Waals surface area contributed by atoms with Gasteiger partial charge in [0.2, 0.25) is 0 Å². The molecule has 2 aromatic carbocycles. The molecule has 0 aliphatic carbocycles. The van der Waals surface area contributed by atoms with Gasteiger partial charge in [-0.15, -0.1) is 0 Å². The monoisotopic (exact) mass is 326 g/mol. The predicted molar refractivity (Wildman–Crippen MR) is 96.7 cm³/mol. The van der Waals surface area contributed by atoms with Crippen molar-refractivity contribution >= 4 is 10.8 Å². The van der Waals surface area contributed by atoms with Crippen LogP contribution in [0, 0.1) is 0 Å². The summed E-state index contributed by atoms with van der Waals surface area (Å²) in [6.45, 7) is 5.18. The Bertz CT molecular complexity index is 697. The Morgan fingerprint density at radius 2 is 1.88 bits per heavy atom. The third kappa shape index (κ3) is 3.27. The fourth-order valence-corrected chi connectivity index (χ4v) is 3.94. The molecule has 4 heteroatoms. The summed E-state index contributed by atoms with van der Waals surface area (Å²) in [6, 6.07) is 13.6. The van der Waals surface area contributed by atoms with Gasteiger partial charge in [0.15, 0.2) is 0 Å². The van der Waals surface area contributed by atoms with Crippen LogP contribution in [-0.2, 0) is 4.74 Å². The van der Waals surface area contributed by atoms with Gasteiger partial charge in [-0.2, -0.15) is 0 Å². The number of nitrogens with zero attached hydrogens (tertiary/aromatic N) is 1. The summed E-state index contributed by atoms with van der Waals surface area (Å²) < 4.78 is 11.4. The van der Waals surface area contributed by atoms with E-state index in [4.69, 9.17) is 9.47 Å². The third-order valence-corrected chi connectivity index (χ3v) is 5.37. The van der Waals surface area contributed by atoms with Crippen LogP contribution in [0.4, 0.5) is 0 Å². The van der Waals surface area contributed by atoms with Gasteiger partial charge in [-0.25, -0.2) is 0 Å². The van der Waals surface area contributed by atoms with Gasteiger partial charge in [-0.1, -0.05) is 18.2 Å². The van der Waals surface area contributed by atoms with Crippen molar-refractivity contribution in [2.24, 2.45) is 0 Å². The van der Waals surface area contributed by atoms with Crippen molar-refractivity contribution < 1.29 is 9.47 Å². The van der Waals surface area contributed by atoms with E-state index in [1.54, 1.807) is 7.11 Å². The quantitative estimate of drug-likeness (QED) is 0.940. The molecule has 2 aromatic rings. The van der Waals surface area contributed by atoms with Gasteiger partial charge < -0.3 is 14.8 Å². The Kier molecular flexibility index (Phi) is 4.69. The fraction of sp³-hybridized carbons (Fsp3) is 0.500. The van der Waals surface area contributed by atoms with Crippen LogP contribution in [0.25, 0.3) is 10.8 Å². The lowest BCUT2D eigenvalue weighted by atomic mass is 9.99. The highest BCUT2D eigenvalue weighted by Gasteiger charge is 2.28. The highest BCUT2D eigenvalue weighted by molar-refractivity contribution is 5.84. The summed E-state index contributed by atoms with van der Waals surface area (Å²) in [7, 11) is 1.71.